The second-order valence-corrected chi connectivity index (χ2v) is 5.35. The third-order valence-corrected chi connectivity index (χ3v) is 3.86. The predicted molar refractivity (Wildman–Crippen MR) is 68.6 cm³/mol. The Kier molecular flexibility index (Phi) is 6.67. The van der Waals surface area contributed by atoms with E-state index in [0.29, 0.717) is 6.04 Å². The summed E-state index contributed by atoms with van der Waals surface area (Å²) in [6.07, 6.45) is 8.10. The monoisotopic (exact) mass is 231 g/mol. The summed E-state index contributed by atoms with van der Waals surface area (Å²) < 4.78 is 0. The largest absolute Gasteiger partial charge is 0.299 e. The van der Waals surface area contributed by atoms with E-state index in [4.69, 9.17) is 11.6 Å². The molecule has 0 saturated carbocycles. The lowest BCUT2D eigenvalue weighted by atomic mass is 10.0. The Balaban J connectivity index is 2.40. The van der Waals surface area contributed by atoms with Crippen molar-refractivity contribution in [2.75, 3.05) is 19.0 Å². The minimum absolute atomic E-state index is 0.647. The molecule has 0 aliphatic carbocycles. The van der Waals surface area contributed by atoms with E-state index in [-0.39, 0.29) is 0 Å². The fourth-order valence-electron chi connectivity index (χ4n) is 2.64. The Labute approximate surface area is 100 Å². The first kappa shape index (κ1) is 13.3. The maximum absolute atomic E-state index is 6.07. The predicted octanol–water partition coefficient (Wildman–Crippen LogP) is 3.91. The summed E-state index contributed by atoms with van der Waals surface area (Å²) in [6.45, 7) is 7.17. The average molecular weight is 232 g/mol. The van der Waals surface area contributed by atoms with Crippen LogP contribution in [0.15, 0.2) is 0 Å². The molecule has 1 nitrogen and oxygen atoms in total. The van der Waals surface area contributed by atoms with E-state index in [1.807, 2.05) is 0 Å². The molecular formula is C13H26ClN. The Morgan fingerprint density at radius 3 is 2.80 bits per heavy atom. The zero-order valence-corrected chi connectivity index (χ0v) is 11.1. The van der Waals surface area contributed by atoms with Crippen LogP contribution in [0.25, 0.3) is 0 Å². The number of rotatable bonds is 5. The van der Waals surface area contributed by atoms with Crippen molar-refractivity contribution in [2.45, 2.75) is 58.4 Å². The van der Waals surface area contributed by atoms with Gasteiger partial charge in [-0.3, -0.25) is 4.90 Å². The molecule has 1 heterocycles. The van der Waals surface area contributed by atoms with Crippen molar-refractivity contribution < 1.29 is 0 Å². The summed E-state index contributed by atoms with van der Waals surface area (Å²) in [5.41, 5.74) is 0. The lowest BCUT2D eigenvalue weighted by Crippen LogP contribution is -2.39. The standard InChI is InChI=1S/C13H26ClN/c1-3-7-12(2)11-15-9-6-4-5-8-13(15)10-14/h12-13H,3-11H2,1-2H3. The molecule has 1 aliphatic heterocycles. The van der Waals surface area contributed by atoms with Gasteiger partial charge >= 0.3 is 0 Å². The highest BCUT2D eigenvalue weighted by Gasteiger charge is 2.21. The number of hydrogen-bond acceptors (Lipinski definition) is 1. The van der Waals surface area contributed by atoms with Crippen molar-refractivity contribution in [3.05, 3.63) is 0 Å². The van der Waals surface area contributed by atoms with Gasteiger partial charge in [0.2, 0.25) is 0 Å². The van der Waals surface area contributed by atoms with Gasteiger partial charge in [-0.2, -0.15) is 0 Å². The van der Waals surface area contributed by atoms with E-state index in [0.717, 1.165) is 11.8 Å². The van der Waals surface area contributed by atoms with Crippen LogP contribution in [-0.4, -0.2) is 29.9 Å². The molecule has 0 radical (unpaired) electrons. The normalized spacial score (nSPS) is 26.2. The Hall–Kier alpha value is 0.250. The molecule has 0 aromatic carbocycles. The first-order chi connectivity index (χ1) is 7.27. The van der Waals surface area contributed by atoms with Crippen LogP contribution in [0, 0.1) is 5.92 Å². The molecular weight excluding hydrogens is 206 g/mol. The maximum Gasteiger partial charge on any atom is 0.0379 e. The van der Waals surface area contributed by atoms with Crippen molar-refractivity contribution in [3.8, 4) is 0 Å². The molecule has 1 fully saturated rings. The molecule has 0 aromatic heterocycles. The number of halogens is 1. The van der Waals surface area contributed by atoms with E-state index < -0.39 is 0 Å². The zero-order chi connectivity index (χ0) is 11.1. The molecule has 2 heteroatoms. The van der Waals surface area contributed by atoms with E-state index >= 15 is 0 Å². The van der Waals surface area contributed by atoms with Crippen molar-refractivity contribution in [3.63, 3.8) is 0 Å². The van der Waals surface area contributed by atoms with Gasteiger partial charge < -0.3 is 0 Å². The second kappa shape index (κ2) is 7.51. The zero-order valence-electron chi connectivity index (χ0n) is 10.3. The van der Waals surface area contributed by atoms with Crippen molar-refractivity contribution in [1.29, 1.82) is 0 Å². The SMILES string of the molecule is CCCC(C)CN1CCCCCC1CCl. The van der Waals surface area contributed by atoms with Crippen LogP contribution in [0.2, 0.25) is 0 Å². The van der Waals surface area contributed by atoms with E-state index in [2.05, 4.69) is 18.7 Å². The molecule has 0 bridgehead atoms. The van der Waals surface area contributed by atoms with Crippen LogP contribution in [0.1, 0.15) is 52.4 Å². The Bertz CT molecular complexity index is 161. The molecule has 0 spiro atoms. The van der Waals surface area contributed by atoms with Gasteiger partial charge in [0, 0.05) is 18.5 Å². The van der Waals surface area contributed by atoms with Gasteiger partial charge in [-0.25, -0.2) is 0 Å². The van der Waals surface area contributed by atoms with Crippen LogP contribution >= 0.6 is 11.6 Å². The van der Waals surface area contributed by atoms with Crippen LogP contribution in [0.3, 0.4) is 0 Å². The first-order valence-electron chi connectivity index (χ1n) is 6.58. The van der Waals surface area contributed by atoms with Gasteiger partial charge in [-0.05, 0) is 31.7 Å². The number of hydrogen-bond donors (Lipinski definition) is 0. The molecule has 90 valence electrons. The van der Waals surface area contributed by atoms with Gasteiger partial charge in [0.25, 0.3) is 0 Å². The third-order valence-electron chi connectivity index (χ3n) is 3.50. The lowest BCUT2D eigenvalue weighted by Gasteiger charge is -2.30. The highest BCUT2D eigenvalue weighted by Crippen LogP contribution is 2.20. The summed E-state index contributed by atoms with van der Waals surface area (Å²) in [5, 5.41) is 0. The summed E-state index contributed by atoms with van der Waals surface area (Å²) in [5.74, 6) is 1.65. The highest BCUT2D eigenvalue weighted by atomic mass is 35.5. The van der Waals surface area contributed by atoms with Crippen molar-refractivity contribution in [1.82, 2.24) is 4.90 Å². The summed E-state index contributed by atoms with van der Waals surface area (Å²) in [4.78, 5) is 2.64. The van der Waals surface area contributed by atoms with E-state index in [1.165, 1.54) is 51.6 Å². The number of likely N-dealkylation sites (tertiary alicyclic amines) is 1. The molecule has 1 rings (SSSR count). The van der Waals surface area contributed by atoms with Crippen LogP contribution in [0.4, 0.5) is 0 Å². The van der Waals surface area contributed by atoms with Crippen LogP contribution in [0.5, 0.6) is 0 Å². The maximum atomic E-state index is 6.07. The Morgan fingerprint density at radius 2 is 2.13 bits per heavy atom. The molecule has 1 saturated heterocycles. The van der Waals surface area contributed by atoms with Crippen LogP contribution < -0.4 is 0 Å². The average Bonchev–Trinajstić information content (AvgIpc) is 2.43. The number of alkyl halides is 1. The fraction of sp³-hybridized carbons (Fsp3) is 1.00. The van der Waals surface area contributed by atoms with Crippen LogP contribution in [-0.2, 0) is 0 Å². The Morgan fingerprint density at radius 1 is 1.33 bits per heavy atom. The van der Waals surface area contributed by atoms with E-state index in [9.17, 15) is 0 Å². The number of nitrogens with zero attached hydrogens (tertiary/aromatic N) is 1. The molecule has 0 amide bonds. The molecule has 0 N–H and O–H groups in total. The minimum Gasteiger partial charge on any atom is -0.299 e. The second-order valence-electron chi connectivity index (χ2n) is 5.05. The highest BCUT2D eigenvalue weighted by molar-refractivity contribution is 6.18. The van der Waals surface area contributed by atoms with Gasteiger partial charge in [0.1, 0.15) is 0 Å². The molecule has 0 aromatic rings. The summed E-state index contributed by atoms with van der Waals surface area (Å²) in [7, 11) is 0. The van der Waals surface area contributed by atoms with Crippen molar-refractivity contribution >= 4 is 11.6 Å². The van der Waals surface area contributed by atoms with Gasteiger partial charge in [0.15, 0.2) is 0 Å². The van der Waals surface area contributed by atoms with Gasteiger partial charge in [0.05, 0.1) is 0 Å². The summed E-state index contributed by atoms with van der Waals surface area (Å²) >= 11 is 6.07. The molecule has 2 atom stereocenters. The van der Waals surface area contributed by atoms with Gasteiger partial charge in [-0.15, -0.1) is 11.6 Å². The fourth-order valence-corrected chi connectivity index (χ4v) is 2.99. The summed E-state index contributed by atoms with van der Waals surface area (Å²) in [6, 6.07) is 0.647. The lowest BCUT2D eigenvalue weighted by molar-refractivity contribution is 0.183. The topological polar surface area (TPSA) is 3.24 Å². The van der Waals surface area contributed by atoms with Gasteiger partial charge in [-0.1, -0.05) is 33.1 Å². The quantitative estimate of drug-likeness (QED) is 0.649. The third kappa shape index (κ3) is 4.74. The van der Waals surface area contributed by atoms with Crippen molar-refractivity contribution in [2.24, 2.45) is 5.92 Å². The molecule has 1 aliphatic rings. The smallest absolute Gasteiger partial charge is 0.0379 e. The molecule has 15 heavy (non-hydrogen) atoms. The first-order valence-corrected chi connectivity index (χ1v) is 7.11. The van der Waals surface area contributed by atoms with E-state index in [1.54, 1.807) is 0 Å². The minimum atomic E-state index is 0.647. The molecule has 2 unspecified atom stereocenters.